The number of ether oxygens (including phenoxy) is 2. The second-order valence-corrected chi connectivity index (χ2v) is 9.47. The molecule has 3 aromatic rings. The van der Waals surface area contributed by atoms with E-state index in [0.717, 1.165) is 21.6 Å². The van der Waals surface area contributed by atoms with Gasteiger partial charge in [0.1, 0.15) is 12.2 Å². The van der Waals surface area contributed by atoms with Gasteiger partial charge in [-0.15, -0.1) is 0 Å². The predicted octanol–water partition coefficient (Wildman–Crippen LogP) is 5.97. The van der Waals surface area contributed by atoms with Gasteiger partial charge in [0.25, 0.3) is 11.8 Å². The highest BCUT2D eigenvalue weighted by atomic mass is 79.9. The molecule has 0 saturated carbocycles. The molecule has 3 aromatic carbocycles. The van der Waals surface area contributed by atoms with Gasteiger partial charge < -0.3 is 9.47 Å². The number of urea groups is 1. The molecule has 36 heavy (non-hydrogen) atoms. The smallest absolute Gasteiger partial charge is 0.335 e. The molecule has 7 nitrogen and oxygen atoms in total. The average molecular weight is 570 g/mol. The molecule has 0 aliphatic carbocycles. The number of barbiturate groups is 1. The number of methoxy groups -OCH3 is 1. The van der Waals surface area contributed by atoms with Crippen LogP contribution in [-0.4, -0.2) is 25.0 Å². The zero-order valence-electron chi connectivity index (χ0n) is 19.7. The van der Waals surface area contributed by atoms with E-state index in [0.29, 0.717) is 32.2 Å². The van der Waals surface area contributed by atoms with Gasteiger partial charge >= 0.3 is 6.03 Å². The summed E-state index contributed by atoms with van der Waals surface area (Å²) in [4.78, 5) is 39.3. The molecule has 4 rings (SSSR count). The van der Waals surface area contributed by atoms with Crippen molar-refractivity contribution in [2.75, 3.05) is 12.0 Å². The summed E-state index contributed by atoms with van der Waals surface area (Å²) >= 11 is 9.42. The minimum atomic E-state index is -0.796. The van der Waals surface area contributed by atoms with Gasteiger partial charge in [0.15, 0.2) is 11.5 Å². The third-order valence-electron chi connectivity index (χ3n) is 5.71. The molecule has 1 aliphatic rings. The van der Waals surface area contributed by atoms with E-state index in [1.807, 2.05) is 32.0 Å². The Balaban J connectivity index is 1.64. The molecule has 0 bridgehead atoms. The highest BCUT2D eigenvalue weighted by Gasteiger charge is 2.37. The molecule has 1 aliphatic heterocycles. The van der Waals surface area contributed by atoms with Crippen LogP contribution in [-0.2, 0) is 16.2 Å². The van der Waals surface area contributed by atoms with Gasteiger partial charge in [0.05, 0.1) is 17.3 Å². The van der Waals surface area contributed by atoms with Gasteiger partial charge in [0.2, 0.25) is 0 Å². The Morgan fingerprint density at radius 2 is 1.72 bits per heavy atom. The van der Waals surface area contributed by atoms with Gasteiger partial charge in [-0.3, -0.25) is 14.9 Å². The zero-order valence-corrected chi connectivity index (χ0v) is 22.1. The molecule has 184 valence electrons. The molecule has 9 heteroatoms. The van der Waals surface area contributed by atoms with E-state index in [1.54, 1.807) is 36.4 Å². The van der Waals surface area contributed by atoms with Crippen LogP contribution in [0.2, 0.25) is 5.02 Å². The van der Waals surface area contributed by atoms with Crippen LogP contribution in [0.25, 0.3) is 6.08 Å². The zero-order chi connectivity index (χ0) is 26.0. The van der Waals surface area contributed by atoms with Crippen LogP contribution >= 0.6 is 27.5 Å². The van der Waals surface area contributed by atoms with Crippen molar-refractivity contribution >= 4 is 57.1 Å². The summed E-state index contributed by atoms with van der Waals surface area (Å²) < 4.78 is 12.0. The van der Waals surface area contributed by atoms with Crippen molar-refractivity contribution in [3.63, 3.8) is 0 Å². The molecule has 1 heterocycles. The lowest BCUT2D eigenvalue weighted by atomic mass is 10.0. The highest BCUT2D eigenvalue weighted by molar-refractivity contribution is 9.10. The summed E-state index contributed by atoms with van der Waals surface area (Å²) in [5.41, 5.74) is 3.55. The van der Waals surface area contributed by atoms with Crippen molar-refractivity contribution in [3.8, 4) is 11.5 Å². The Morgan fingerprint density at radius 3 is 2.39 bits per heavy atom. The molecular formula is C27H22BrClN2O5. The van der Waals surface area contributed by atoms with Crippen molar-refractivity contribution in [1.29, 1.82) is 0 Å². The van der Waals surface area contributed by atoms with E-state index < -0.39 is 17.8 Å². The van der Waals surface area contributed by atoms with Crippen LogP contribution in [0.4, 0.5) is 10.5 Å². The number of rotatable bonds is 6. The van der Waals surface area contributed by atoms with Gasteiger partial charge in [-0.05, 0) is 94.5 Å². The number of benzene rings is 3. The fourth-order valence-electron chi connectivity index (χ4n) is 3.62. The largest absolute Gasteiger partial charge is 0.493 e. The quantitative estimate of drug-likeness (QED) is 0.292. The third kappa shape index (κ3) is 5.29. The average Bonchev–Trinajstić information content (AvgIpc) is 2.84. The molecule has 1 fully saturated rings. The number of carbonyl (C=O) groups is 3. The van der Waals surface area contributed by atoms with E-state index in [9.17, 15) is 14.4 Å². The van der Waals surface area contributed by atoms with Crippen LogP contribution in [0.3, 0.4) is 0 Å². The van der Waals surface area contributed by atoms with E-state index >= 15 is 0 Å². The number of anilines is 1. The minimum Gasteiger partial charge on any atom is -0.493 e. The third-order valence-corrected chi connectivity index (χ3v) is 6.55. The first-order chi connectivity index (χ1) is 17.2. The van der Waals surface area contributed by atoms with Crippen molar-refractivity contribution in [2.45, 2.75) is 20.5 Å². The normalized spacial score (nSPS) is 14.8. The first-order valence-electron chi connectivity index (χ1n) is 10.9. The Morgan fingerprint density at radius 1 is 1.00 bits per heavy atom. The minimum absolute atomic E-state index is 0.184. The van der Waals surface area contributed by atoms with Crippen LogP contribution in [0.15, 0.2) is 64.6 Å². The molecule has 4 amide bonds. The summed E-state index contributed by atoms with van der Waals surface area (Å²) in [6, 6.07) is 15.0. The maximum absolute atomic E-state index is 13.2. The second kappa shape index (κ2) is 10.6. The molecule has 1 N–H and O–H groups in total. The van der Waals surface area contributed by atoms with Gasteiger partial charge in [-0.1, -0.05) is 29.8 Å². The number of imide groups is 2. The van der Waals surface area contributed by atoms with Crippen molar-refractivity contribution in [2.24, 2.45) is 0 Å². The number of amides is 4. The van der Waals surface area contributed by atoms with E-state index in [4.69, 9.17) is 21.1 Å². The Labute approximate surface area is 221 Å². The monoisotopic (exact) mass is 568 g/mol. The summed E-state index contributed by atoms with van der Waals surface area (Å²) in [7, 11) is 1.49. The molecule has 0 atom stereocenters. The van der Waals surface area contributed by atoms with Crippen LogP contribution in [0, 0.1) is 13.8 Å². The Bertz CT molecular complexity index is 1400. The van der Waals surface area contributed by atoms with E-state index in [1.165, 1.54) is 13.2 Å². The summed E-state index contributed by atoms with van der Waals surface area (Å²) in [5.74, 6) is -0.634. The maximum atomic E-state index is 13.2. The SMILES string of the molecule is COc1cc(/C=C2\C(=O)NC(=O)N(c3ccc(C)c(C)c3)C2=O)cc(Br)c1OCc1ccc(Cl)cc1. The Kier molecular flexibility index (Phi) is 7.47. The maximum Gasteiger partial charge on any atom is 0.335 e. The number of aryl methyl sites for hydroxylation is 2. The fraction of sp³-hybridized carbons (Fsp3) is 0.148. The lowest BCUT2D eigenvalue weighted by Crippen LogP contribution is -2.54. The highest BCUT2D eigenvalue weighted by Crippen LogP contribution is 2.38. The molecule has 0 unspecified atom stereocenters. The number of hydrogen-bond donors (Lipinski definition) is 1. The number of hydrogen-bond acceptors (Lipinski definition) is 5. The molecule has 1 saturated heterocycles. The van der Waals surface area contributed by atoms with Crippen molar-refractivity contribution in [1.82, 2.24) is 5.32 Å². The fourth-order valence-corrected chi connectivity index (χ4v) is 4.32. The molecule has 0 radical (unpaired) electrons. The van der Waals surface area contributed by atoms with Gasteiger partial charge in [0, 0.05) is 5.02 Å². The summed E-state index contributed by atoms with van der Waals surface area (Å²) in [5, 5.41) is 2.87. The standard InChI is InChI=1S/C27H22BrClN2O5/c1-15-4-9-20(10-16(15)2)31-26(33)21(25(32)30-27(31)34)11-18-12-22(28)24(23(13-18)35-3)36-14-17-5-7-19(29)8-6-17/h4-13H,14H2,1-3H3,(H,30,32,34)/b21-11+. The predicted molar refractivity (Wildman–Crippen MR) is 141 cm³/mol. The van der Waals surface area contributed by atoms with Crippen LogP contribution in [0.5, 0.6) is 11.5 Å². The lowest BCUT2D eigenvalue weighted by Gasteiger charge is -2.27. The van der Waals surface area contributed by atoms with Crippen LogP contribution in [0.1, 0.15) is 22.3 Å². The van der Waals surface area contributed by atoms with Gasteiger partial charge in [-0.25, -0.2) is 9.69 Å². The summed E-state index contributed by atoms with van der Waals surface area (Å²) in [6.45, 7) is 4.09. The topological polar surface area (TPSA) is 84.9 Å². The number of halogens is 2. The number of nitrogens with one attached hydrogen (secondary N) is 1. The first-order valence-corrected chi connectivity index (χ1v) is 12.1. The van der Waals surface area contributed by atoms with E-state index in [2.05, 4.69) is 21.2 Å². The first kappa shape index (κ1) is 25.5. The lowest BCUT2D eigenvalue weighted by molar-refractivity contribution is -0.122. The van der Waals surface area contributed by atoms with E-state index in [-0.39, 0.29) is 12.2 Å². The van der Waals surface area contributed by atoms with Gasteiger partial charge in [-0.2, -0.15) is 0 Å². The second-order valence-electron chi connectivity index (χ2n) is 8.18. The van der Waals surface area contributed by atoms with Crippen molar-refractivity contribution in [3.05, 3.63) is 91.9 Å². The Hall–Kier alpha value is -3.62. The van der Waals surface area contributed by atoms with Crippen molar-refractivity contribution < 1.29 is 23.9 Å². The molecule has 0 aromatic heterocycles. The molecule has 0 spiro atoms. The number of nitrogens with zero attached hydrogens (tertiary/aromatic N) is 1. The van der Waals surface area contributed by atoms with Crippen LogP contribution < -0.4 is 19.7 Å². The summed E-state index contributed by atoms with van der Waals surface area (Å²) in [6.07, 6.45) is 1.41. The molecular weight excluding hydrogens is 548 g/mol. The number of carbonyl (C=O) groups excluding carboxylic acids is 3.